The summed E-state index contributed by atoms with van der Waals surface area (Å²) in [4.78, 5) is 22.8. The number of carbonyl (C=O) groups excluding carboxylic acids is 1. The van der Waals surface area contributed by atoms with Gasteiger partial charge < -0.3 is 16.2 Å². The Kier molecular flexibility index (Phi) is 5.06. The zero-order valence-electron chi connectivity index (χ0n) is 10.3. The predicted molar refractivity (Wildman–Crippen MR) is 70.8 cm³/mol. The van der Waals surface area contributed by atoms with Gasteiger partial charge in [-0.25, -0.2) is 4.79 Å². The summed E-state index contributed by atoms with van der Waals surface area (Å²) in [7, 11) is -4.30. The molecule has 0 aromatic heterocycles. The molecule has 0 unspecified atom stereocenters. The van der Waals surface area contributed by atoms with E-state index >= 15 is 0 Å². The van der Waals surface area contributed by atoms with Gasteiger partial charge in [-0.05, 0) is 18.6 Å². The van der Waals surface area contributed by atoms with E-state index < -0.39 is 40.2 Å². The van der Waals surface area contributed by atoms with Gasteiger partial charge >= 0.3 is 5.97 Å². The van der Waals surface area contributed by atoms with Crippen molar-refractivity contribution in [1.82, 2.24) is 5.32 Å². The minimum absolute atomic E-state index is 0.0885. The normalized spacial score (nSPS) is 12.7. The van der Waals surface area contributed by atoms with E-state index in [1.807, 2.05) is 0 Å². The number of para-hydroxylation sites is 1. The molecular formula is C11H14N2O6S. The van der Waals surface area contributed by atoms with Crippen LogP contribution in [0.1, 0.15) is 16.8 Å². The number of anilines is 1. The van der Waals surface area contributed by atoms with Gasteiger partial charge in [-0.1, -0.05) is 12.1 Å². The summed E-state index contributed by atoms with van der Waals surface area (Å²) in [5.74, 6) is -2.91. The molecule has 8 nitrogen and oxygen atoms in total. The number of rotatable bonds is 6. The molecule has 0 aliphatic heterocycles. The maximum Gasteiger partial charge on any atom is 0.326 e. The van der Waals surface area contributed by atoms with Crippen molar-refractivity contribution in [3.63, 3.8) is 0 Å². The Bertz CT molecular complexity index is 613. The molecule has 110 valence electrons. The molecule has 1 aromatic carbocycles. The van der Waals surface area contributed by atoms with Crippen molar-refractivity contribution < 1.29 is 27.7 Å². The van der Waals surface area contributed by atoms with Crippen LogP contribution in [0.15, 0.2) is 24.3 Å². The third-order valence-electron chi connectivity index (χ3n) is 2.47. The van der Waals surface area contributed by atoms with Crippen molar-refractivity contribution >= 4 is 27.7 Å². The Morgan fingerprint density at radius 1 is 1.30 bits per heavy atom. The molecule has 9 heteroatoms. The Labute approximate surface area is 115 Å². The topological polar surface area (TPSA) is 147 Å². The molecule has 1 rings (SSSR count). The number of hydrogen-bond donors (Lipinski definition) is 4. The molecule has 0 fully saturated rings. The molecule has 0 aliphatic carbocycles. The van der Waals surface area contributed by atoms with Crippen molar-refractivity contribution in [2.45, 2.75) is 12.5 Å². The molecular weight excluding hydrogens is 288 g/mol. The highest BCUT2D eigenvalue weighted by Crippen LogP contribution is 2.10. The largest absolute Gasteiger partial charge is 0.480 e. The van der Waals surface area contributed by atoms with Crippen molar-refractivity contribution in [1.29, 1.82) is 0 Å². The van der Waals surface area contributed by atoms with Gasteiger partial charge in [0, 0.05) is 5.69 Å². The predicted octanol–water partition coefficient (Wildman–Crippen LogP) is -0.270. The molecule has 0 spiro atoms. The maximum absolute atomic E-state index is 11.8. The van der Waals surface area contributed by atoms with Gasteiger partial charge in [0.15, 0.2) is 0 Å². The standard InChI is InChI=1S/C11H14N2O6S/c12-8-4-2-1-3-7(8)10(14)13-9(11(15)16)5-6-20(17,18)19/h1-4,9H,5-6,12H2,(H,13,14)(H,15,16)(H,17,18,19)/t9-/m0/s1. The van der Waals surface area contributed by atoms with Crippen LogP contribution in [-0.4, -0.2) is 41.7 Å². The van der Waals surface area contributed by atoms with Gasteiger partial charge in [-0.15, -0.1) is 0 Å². The summed E-state index contributed by atoms with van der Waals surface area (Å²) in [6, 6.07) is 4.61. The molecule has 5 N–H and O–H groups in total. The van der Waals surface area contributed by atoms with Gasteiger partial charge in [0.05, 0.1) is 11.3 Å². The van der Waals surface area contributed by atoms with Crippen LogP contribution in [-0.2, 0) is 14.9 Å². The highest BCUT2D eigenvalue weighted by Gasteiger charge is 2.23. The van der Waals surface area contributed by atoms with Crippen LogP contribution in [0.3, 0.4) is 0 Å². The van der Waals surface area contributed by atoms with Crippen LogP contribution in [0.2, 0.25) is 0 Å². The van der Waals surface area contributed by atoms with E-state index in [9.17, 15) is 18.0 Å². The summed E-state index contributed by atoms with van der Waals surface area (Å²) in [5, 5.41) is 11.1. The summed E-state index contributed by atoms with van der Waals surface area (Å²) in [6.45, 7) is 0. The number of benzene rings is 1. The molecule has 20 heavy (non-hydrogen) atoms. The highest BCUT2D eigenvalue weighted by molar-refractivity contribution is 7.85. The van der Waals surface area contributed by atoms with Crippen molar-refractivity contribution in [3.05, 3.63) is 29.8 Å². The number of nitrogen functional groups attached to an aromatic ring is 1. The Balaban J connectivity index is 2.79. The van der Waals surface area contributed by atoms with Gasteiger partial charge in [-0.2, -0.15) is 8.42 Å². The fourth-order valence-electron chi connectivity index (χ4n) is 1.46. The fourth-order valence-corrected chi connectivity index (χ4v) is 2.00. The van der Waals surface area contributed by atoms with Gasteiger partial charge in [0.2, 0.25) is 0 Å². The van der Waals surface area contributed by atoms with E-state index in [0.717, 1.165) is 0 Å². The molecule has 1 amide bonds. The average molecular weight is 302 g/mol. The maximum atomic E-state index is 11.8. The lowest BCUT2D eigenvalue weighted by Gasteiger charge is -2.14. The monoisotopic (exact) mass is 302 g/mol. The van der Waals surface area contributed by atoms with Crippen LogP contribution in [0.25, 0.3) is 0 Å². The minimum Gasteiger partial charge on any atom is -0.480 e. The van der Waals surface area contributed by atoms with Crippen molar-refractivity contribution in [2.24, 2.45) is 0 Å². The van der Waals surface area contributed by atoms with E-state index in [0.29, 0.717) is 0 Å². The third-order valence-corrected chi connectivity index (χ3v) is 3.22. The summed E-state index contributed by atoms with van der Waals surface area (Å²) < 4.78 is 29.8. The van der Waals surface area contributed by atoms with Gasteiger partial charge in [-0.3, -0.25) is 9.35 Å². The number of aliphatic carboxylic acids is 1. The minimum atomic E-state index is -4.30. The Hall–Kier alpha value is -2.13. The zero-order chi connectivity index (χ0) is 15.3. The molecule has 0 radical (unpaired) electrons. The number of amides is 1. The molecule has 1 aromatic rings. The smallest absolute Gasteiger partial charge is 0.326 e. The first-order chi connectivity index (χ1) is 9.20. The molecule has 0 saturated heterocycles. The van der Waals surface area contributed by atoms with Gasteiger partial charge in [0.25, 0.3) is 16.0 Å². The number of nitrogens with two attached hydrogens (primary N) is 1. The molecule has 0 saturated carbocycles. The van der Waals surface area contributed by atoms with Crippen molar-refractivity contribution in [3.8, 4) is 0 Å². The first kappa shape index (κ1) is 15.9. The highest BCUT2D eigenvalue weighted by atomic mass is 32.2. The van der Waals surface area contributed by atoms with Crippen LogP contribution in [0.4, 0.5) is 5.69 Å². The number of nitrogens with one attached hydrogen (secondary N) is 1. The second kappa shape index (κ2) is 6.35. The zero-order valence-corrected chi connectivity index (χ0v) is 11.1. The van der Waals surface area contributed by atoms with Crippen LogP contribution in [0, 0.1) is 0 Å². The van der Waals surface area contributed by atoms with Crippen molar-refractivity contribution in [2.75, 3.05) is 11.5 Å². The lowest BCUT2D eigenvalue weighted by molar-refractivity contribution is -0.139. The lowest BCUT2D eigenvalue weighted by atomic mass is 10.1. The molecule has 0 bridgehead atoms. The Morgan fingerprint density at radius 2 is 1.90 bits per heavy atom. The third kappa shape index (κ3) is 4.86. The quantitative estimate of drug-likeness (QED) is 0.417. The Morgan fingerprint density at radius 3 is 2.40 bits per heavy atom. The van der Waals surface area contributed by atoms with Crippen LogP contribution < -0.4 is 11.1 Å². The van der Waals surface area contributed by atoms with E-state index in [4.69, 9.17) is 15.4 Å². The average Bonchev–Trinajstić information content (AvgIpc) is 2.33. The van der Waals surface area contributed by atoms with E-state index in [-0.39, 0.29) is 11.3 Å². The van der Waals surface area contributed by atoms with Crippen LogP contribution in [0.5, 0.6) is 0 Å². The van der Waals surface area contributed by atoms with Gasteiger partial charge in [0.1, 0.15) is 6.04 Å². The lowest BCUT2D eigenvalue weighted by Crippen LogP contribution is -2.42. The summed E-state index contributed by atoms with van der Waals surface area (Å²) in [6.07, 6.45) is -0.452. The van der Waals surface area contributed by atoms with E-state index in [1.54, 1.807) is 12.1 Å². The summed E-state index contributed by atoms with van der Waals surface area (Å²) >= 11 is 0. The van der Waals surface area contributed by atoms with E-state index in [2.05, 4.69) is 5.32 Å². The molecule has 0 heterocycles. The molecule has 1 atom stereocenters. The SMILES string of the molecule is Nc1ccccc1C(=O)N[C@@H](CCS(=O)(=O)O)C(=O)O. The molecule has 0 aliphatic rings. The second-order valence-electron chi connectivity index (χ2n) is 4.03. The fraction of sp³-hybridized carbons (Fsp3) is 0.273. The summed E-state index contributed by atoms with van der Waals surface area (Å²) in [5.41, 5.74) is 5.83. The van der Waals surface area contributed by atoms with E-state index in [1.165, 1.54) is 12.1 Å². The van der Waals surface area contributed by atoms with Crippen LogP contribution >= 0.6 is 0 Å². The second-order valence-corrected chi connectivity index (χ2v) is 5.60. The first-order valence-electron chi connectivity index (χ1n) is 5.54. The number of carboxylic acids is 1. The first-order valence-corrected chi connectivity index (χ1v) is 7.15. The number of hydrogen-bond acceptors (Lipinski definition) is 5. The number of carboxylic acid groups (broad SMARTS) is 1. The number of carbonyl (C=O) groups is 2.